The second-order valence-corrected chi connectivity index (χ2v) is 8.57. The van der Waals surface area contributed by atoms with Crippen LogP contribution in [0, 0.1) is 0 Å². The fourth-order valence-corrected chi connectivity index (χ4v) is 5.25. The molecule has 1 aliphatic heterocycles. The van der Waals surface area contributed by atoms with E-state index in [0.717, 1.165) is 13.0 Å². The maximum Gasteiger partial charge on any atom is 0.258 e. The monoisotopic (exact) mass is 433 g/mol. The quantitative estimate of drug-likeness (QED) is 0.512. The van der Waals surface area contributed by atoms with Gasteiger partial charge in [0.25, 0.3) is 5.56 Å². The number of rotatable bonds is 5. The van der Waals surface area contributed by atoms with Gasteiger partial charge in [-0.1, -0.05) is 30.3 Å². The minimum atomic E-state index is -0.176. The standard InChI is InChI=1S/C24H23N3O3S/c1-29-19-12-17-18(13-20(19)30-2)25-22(26-24(17)28)14-27-10-8-21-16(9-11-31-21)23(27)15-6-4-3-5-7-15/h3-7,9,11-13,23H,8,10,14H2,1-2H3,(H,25,26,28). The highest BCUT2D eigenvalue weighted by molar-refractivity contribution is 7.10. The van der Waals surface area contributed by atoms with E-state index in [1.165, 1.54) is 16.0 Å². The molecule has 7 heteroatoms. The largest absolute Gasteiger partial charge is 0.493 e. The number of aromatic amines is 1. The average molecular weight is 434 g/mol. The van der Waals surface area contributed by atoms with Crippen molar-refractivity contribution in [3.63, 3.8) is 0 Å². The molecule has 1 unspecified atom stereocenters. The number of benzene rings is 2. The Hall–Kier alpha value is -3.16. The van der Waals surface area contributed by atoms with E-state index < -0.39 is 0 Å². The van der Waals surface area contributed by atoms with Crippen LogP contribution in [0.3, 0.4) is 0 Å². The first-order valence-corrected chi connectivity index (χ1v) is 11.1. The first-order chi connectivity index (χ1) is 15.2. The molecule has 6 nitrogen and oxygen atoms in total. The molecule has 2 aromatic carbocycles. The van der Waals surface area contributed by atoms with Gasteiger partial charge in [-0.2, -0.15) is 0 Å². The van der Waals surface area contributed by atoms with Gasteiger partial charge in [0, 0.05) is 17.5 Å². The first-order valence-electron chi connectivity index (χ1n) is 10.2. The van der Waals surface area contributed by atoms with Crippen LogP contribution >= 0.6 is 11.3 Å². The van der Waals surface area contributed by atoms with E-state index in [9.17, 15) is 4.79 Å². The summed E-state index contributed by atoms with van der Waals surface area (Å²) < 4.78 is 10.7. The number of hydrogen-bond acceptors (Lipinski definition) is 6. The van der Waals surface area contributed by atoms with E-state index in [4.69, 9.17) is 14.5 Å². The molecular formula is C24H23N3O3S. The van der Waals surface area contributed by atoms with Gasteiger partial charge in [-0.05, 0) is 35.1 Å². The van der Waals surface area contributed by atoms with Gasteiger partial charge in [0.05, 0.1) is 37.7 Å². The van der Waals surface area contributed by atoms with Gasteiger partial charge in [0.1, 0.15) is 5.82 Å². The molecule has 0 fully saturated rings. The fraction of sp³-hybridized carbons (Fsp3) is 0.250. The lowest BCUT2D eigenvalue weighted by molar-refractivity contribution is 0.201. The van der Waals surface area contributed by atoms with Crippen molar-refractivity contribution in [1.82, 2.24) is 14.9 Å². The summed E-state index contributed by atoms with van der Waals surface area (Å²) in [4.78, 5) is 24.4. The molecule has 2 aromatic heterocycles. The van der Waals surface area contributed by atoms with Crippen LogP contribution in [0.15, 0.2) is 58.7 Å². The number of fused-ring (bicyclic) bond motifs is 2. The van der Waals surface area contributed by atoms with Crippen molar-refractivity contribution in [3.05, 3.63) is 86.1 Å². The maximum atomic E-state index is 12.8. The Morgan fingerprint density at radius 2 is 1.90 bits per heavy atom. The van der Waals surface area contributed by atoms with Crippen LogP contribution in [0.25, 0.3) is 10.9 Å². The van der Waals surface area contributed by atoms with Crippen LogP contribution < -0.4 is 15.0 Å². The molecule has 1 aliphatic rings. The third kappa shape index (κ3) is 3.60. The average Bonchev–Trinajstić information content (AvgIpc) is 3.27. The minimum absolute atomic E-state index is 0.141. The second-order valence-electron chi connectivity index (χ2n) is 7.57. The van der Waals surface area contributed by atoms with Crippen LogP contribution in [0.2, 0.25) is 0 Å². The Balaban J connectivity index is 1.54. The summed E-state index contributed by atoms with van der Waals surface area (Å²) in [5, 5.41) is 2.65. The van der Waals surface area contributed by atoms with Gasteiger partial charge in [-0.3, -0.25) is 9.69 Å². The van der Waals surface area contributed by atoms with Crippen molar-refractivity contribution < 1.29 is 9.47 Å². The molecule has 5 rings (SSSR count). The molecular weight excluding hydrogens is 410 g/mol. The van der Waals surface area contributed by atoms with Crippen LogP contribution in [0.1, 0.15) is 27.9 Å². The highest BCUT2D eigenvalue weighted by Crippen LogP contribution is 2.38. The van der Waals surface area contributed by atoms with Gasteiger partial charge in [0.15, 0.2) is 11.5 Å². The first kappa shape index (κ1) is 19.8. The normalized spacial score (nSPS) is 16.3. The number of hydrogen-bond donors (Lipinski definition) is 1. The van der Waals surface area contributed by atoms with Crippen molar-refractivity contribution in [2.75, 3.05) is 20.8 Å². The zero-order valence-electron chi connectivity index (χ0n) is 17.4. The van der Waals surface area contributed by atoms with E-state index in [2.05, 4.69) is 45.6 Å². The third-order valence-corrected chi connectivity index (χ3v) is 6.79. The second kappa shape index (κ2) is 8.17. The molecule has 3 heterocycles. The number of H-pyrrole nitrogens is 1. The van der Waals surface area contributed by atoms with Crippen molar-refractivity contribution in [2.45, 2.75) is 19.0 Å². The van der Waals surface area contributed by atoms with Gasteiger partial charge >= 0.3 is 0 Å². The summed E-state index contributed by atoms with van der Waals surface area (Å²) in [7, 11) is 3.13. The zero-order valence-corrected chi connectivity index (χ0v) is 18.2. The molecule has 0 bridgehead atoms. The summed E-state index contributed by atoms with van der Waals surface area (Å²) >= 11 is 1.82. The summed E-state index contributed by atoms with van der Waals surface area (Å²) in [6.45, 7) is 1.45. The Labute approximate surface area is 184 Å². The van der Waals surface area contributed by atoms with Crippen molar-refractivity contribution >= 4 is 22.2 Å². The summed E-state index contributed by atoms with van der Waals surface area (Å²) in [6.07, 6.45) is 0.999. The molecule has 0 amide bonds. The van der Waals surface area contributed by atoms with Crippen molar-refractivity contribution in [2.24, 2.45) is 0 Å². The molecule has 0 saturated carbocycles. The third-order valence-electron chi connectivity index (χ3n) is 5.79. The molecule has 31 heavy (non-hydrogen) atoms. The number of aromatic nitrogens is 2. The van der Waals surface area contributed by atoms with Crippen LogP contribution in [0.5, 0.6) is 11.5 Å². The fourth-order valence-electron chi connectivity index (χ4n) is 4.35. The summed E-state index contributed by atoms with van der Waals surface area (Å²) in [5.41, 5.74) is 3.01. The highest BCUT2D eigenvalue weighted by atomic mass is 32.1. The van der Waals surface area contributed by atoms with E-state index in [1.54, 1.807) is 26.4 Å². The number of methoxy groups -OCH3 is 2. The highest BCUT2D eigenvalue weighted by Gasteiger charge is 2.30. The number of nitrogens with zero attached hydrogens (tertiary/aromatic N) is 2. The summed E-state index contributed by atoms with van der Waals surface area (Å²) in [5.74, 6) is 1.71. The van der Waals surface area contributed by atoms with Crippen molar-refractivity contribution in [3.8, 4) is 11.5 Å². The van der Waals surface area contributed by atoms with E-state index in [-0.39, 0.29) is 11.6 Å². The molecule has 158 valence electrons. The smallest absolute Gasteiger partial charge is 0.258 e. The van der Waals surface area contributed by atoms with Gasteiger partial charge in [-0.15, -0.1) is 11.3 Å². The zero-order chi connectivity index (χ0) is 21.4. The molecule has 4 aromatic rings. The lowest BCUT2D eigenvalue weighted by Crippen LogP contribution is -2.36. The number of ether oxygens (including phenoxy) is 2. The number of thiophene rings is 1. The topological polar surface area (TPSA) is 67.5 Å². The van der Waals surface area contributed by atoms with E-state index in [0.29, 0.717) is 34.8 Å². The summed E-state index contributed by atoms with van der Waals surface area (Å²) in [6, 6.07) is 16.3. The van der Waals surface area contributed by atoms with Crippen LogP contribution in [-0.4, -0.2) is 35.6 Å². The van der Waals surface area contributed by atoms with Gasteiger partial charge in [-0.25, -0.2) is 4.98 Å². The SMILES string of the molecule is COc1cc2nc(CN3CCc4sccc4C3c3ccccc3)[nH]c(=O)c2cc1OC. The van der Waals surface area contributed by atoms with Crippen LogP contribution in [-0.2, 0) is 13.0 Å². The molecule has 0 saturated heterocycles. The van der Waals surface area contributed by atoms with Crippen molar-refractivity contribution in [1.29, 1.82) is 0 Å². The lowest BCUT2D eigenvalue weighted by Gasteiger charge is -2.36. The Kier molecular flexibility index (Phi) is 5.21. The predicted octanol–water partition coefficient (Wildman–Crippen LogP) is 4.15. The van der Waals surface area contributed by atoms with Gasteiger partial charge < -0.3 is 14.5 Å². The molecule has 0 aliphatic carbocycles. The Morgan fingerprint density at radius 3 is 2.68 bits per heavy atom. The lowest BCUT2D eigenvalue weighted by atomic mass is 9.93. The molecule has 0 spiro atoms. The Bertz CT molecular complexity index is 1280. The minimum Gasteiger partial charge on any atom is -0.493 e. The Morgan fingerprint density at radius 1 is 1.13 bits per heavy atom. The molecule has 0 radical (unpaired) electrons. The molecule has 1 atom stereocenters. The molecule has 1 N–H and O–H groups in total. The van der Waals surface area contributed by atoms with E-state index in [1.807, 2.05) is 17.4 Å². The number of nitrogens with one attached hydrogen (secondary N) is 1. The van der Waals surface area contributed by atoms with Crippen LogP contribution in [0.4, 0.5) is 0 Å². The van der Waals surface area contributed by atoms with Gasteiger partial charge in [0.2, 0.25) is 0 Å². The van der Waals surface area contributed by atoms with E-state index >= 15 is 0 Å². The predicted molar refractivity (Wildman–Crippen MR) is 122 cm³/mol. The maximum absolute atomic E-state index is 12.8.